The monoisotopic (exact) mass is 483 g/mol. The number of nitrogens with zero attached hydrogens (tertiary/aromatic N) is 2. The number of nitrogens with one attached hydrogen (secondary N) is 1. The summed E-state index contributed by atoms with van der Waals surface area (Å²) in [4.78, 5) is 29.3. The maximum absolute atomic E-state index is 13.8. The van der Waals surface area contributed by atoms with E-state index < -0.39 is 5.92 Å². The Kier molecular flexibility index (Phi) is 7.09. The Morgan fingerprint density at radius 3 is 1.97 bits per heavy atom. The quantitative estimate of drug-likeness (QED) is 0.415. The minimum absolute atomic E-state index is 0.0581. The Labute approximate surface area is 210 Å². The van der Waals surface area contributed by atoms with Crippen molar-refractivity contribution in [2.24, 2.45) is 16.9 Å². The zero-order valence-electron chi connectivity index (χ0n) is 19.9. The molecule has 0 bridgehead atoms. The van der Waals surface area contributed by atoms with Crippen LogP contribution in [0.1, 0.15) is 28.5 Å². The number of rotatable bonds is 6. The third-order valence-electron chi connectivity index (χ3n) is 7.14. The molecule has 184 valence electrons. The fourth-order valence-electron chi connectivity index (χ4n) is 5.39. The van der Waals surface area contributed by atoms with E-state index in [2.05, 4.69) is 10.5 Å². The number of hydrogen-bond donors (Lipinski definition) is 2. The van der Waals surface area contributed by atoms with Gasteiger partial charge in [-0.25, -0.2) is 5.43 Å². The first-order chi connectivity index (χ1) is 17.6. The third kappa shape index (κ3) is 4.75. The molecule has 1 aliphatic heterocycles. The van der Waals surface area contributed by atoms with Gasteiger partial charge in [-0.15, -0.1) is 0 Å². The zero-order chi connectivity index (χ0) is 24.9. The molecular weight excluding hydrogens is 454 g/mol. The Balaban J connectivity index is 1.47. The van der Waals surface area contributed by atoms with Crippen LogP contribution < -0.4 is 5.43 Å². The van der Waals surface area contributed by atoms with Crippen molar-refractivity contribution in [3.63, 3.8) is 0 Å². The van der Waals surface area contributed by atoms with Crippen LogP contribution in [0.25, 0.3) is 0 Å². The van der Waals surface area contributed by atoms with Crippen molar-refractivity contribution in [2.45, 2.75) is 11.8 Å². The molecule has 3 aromatic carbocycles. The molecule has 0 aromatic heterocycles. The standard InChI is InChI=1S/C29H29N3O4/c33-23-14-8-7-13-22(23)19-30-31-28(34)26-24(20-9-3-1-4-10-20)27(25(26)21-11-5-2-6-12-21)29(35)32-15-17-36-18-16-32/h1-14,19,24-27,33H,15-18H2,(H,31,34)/b30-19-/t24-,25-,26?,27?/m0/s1. The van der Waals surface area contributed by atoms with Gasteiger partial charge in [0, 0.05) is 30.5 Å². The van der Waals surface area contributed by atoms with Crippen LogP contribution in [0, 0.1) is 11.8 Å². The molecule has 1 saturated carbocycles. The number of aromatic hydroxyl groups is 1. The van der Waals surface area contributed by atoms with Crippen molar-refractivity contribution in [3.8, 4) is 5.75 Å². The van der Waals surface area contributed by atoms with Crippen LogP contribution in [0.15, 0.2) is 90.0 Å². The molecule has 7 nitrogen and oxygen atoms in total. The highest BCUT2D eigenvalue weighted by molar-refractivity contribution is 5.91. The summed E-state index contributed by atoms with van der Waals surface area (Å²) in [5.74, 6) is -1.53. The average Bonchev–Trinajstić information content (AvgIpc) is 2.91. The second-order valence-electron chi connectivity index (χ2n) is 9.16. The fraction of sp³-hybridized carbons (Fsp3) is 0.276. The Hall–Kier alpha value is -3.97. The van der Waals surface area contributed by atoms with Gasteiger partial charge in [-0.3, -0.25) is 9.59 Å². The van der Waals surface area contributed by atoms with Crippen molar-refractivity contribution in [3.05, 3.63) is 102 Å². The first kappa shape index (κ1) is 23.8. The minimum Gasteiger partial charge on any atom is -0.507 e. The van der Waals surface area contributed by atoms with E-state index in [1.165, 1.54) is 6.21 Å². The molecule has 2 fully saturated rings. The van der Waals surface area contributed by atoms with Crippen LogP contribution in [0.5, 0.6) is 5.75 Å². The summed E-state index contributed by atoms with van der Waals surface area (Å²) in [5.41, 5.74) is 5.10. The second kappa shape index (κ2) is 10.7. The highest BCUT2D eigenvalue weighted by Gasteiger charge is 2.58. The molecule has 1 saturated heterocycles. The van der Waals surface area contributed by atoms with E-state index in [0.29, 0.717) is 31.9 Å². The summed E-state index contributed by atoms with van der Waals surface area (Å²) in [7, 11) is 0. The topological polar surface area (TPSA) is 91.2 Å². The van der Waals surface area contributed by atoms with Crippen LogP contribution in [0.2, 0.25) is 0 Å². The van der Waals surface area contributed by atoms with E-state index in [1.54, 1.807) is 24.3 Å². The van der Waals surface area contributed by atoms with Crippen LogP contribution in [-0.2, 0) is 14.3 Å². The SMILES string of the molecule is O=C(N/N=C\c1ccccc1O)C1[C@H](c2ccccc2)C(C(=O)N2CCOCC2)[C@H]1c1ccccc1. The lowest BCUT2D eigenvalue weighted by molar-refractivity contribution is -0.151. The number of para-hydroxylation sites is 1. The summed E-state index contributed by atoms with van der Waals surface area (Å²) in [5, 5.41) is 14.1. The number of benzene rings is 3. The molecule has 2 aliphatic rings. The summed E-state index contributed by atoms with van der Waals surface area (Å²) in [6, 6.07) is 26.3. The molecule has 3 aromatic rings. The van der Waals surface area contributed by atoms with Gasteiger partial charge in [-0.2, -0.15) is 5.10 Å². The predicted molar refractivity (Wildman–Crippen MR) is 137 cm³/mol. The van der Waals surface area contributed by atoms with E-state index in [0.717, 1.165) is 11.1 Å². The van der Waals surface area contributed by atoms with Gasteiger partial charge in [-0.05, 0) is 23.3 Å². The van der Waals surface area contributed by atoms with E-state index >= 15 is 0 Å². The van der Waals surface area contributed by atoms with E-state index in [-0.39, 0.29) is 35.3 Å². The van der Waals surface area contributed by atoms with Crippen LogP contribution >= 0.6 is 0 Å². The van der Waals surface area contributed by atoms with Gasteiger partial charge in [0.25, 0.3) is 0 Å². The second-order valence-corrected chi connectivity index (χ2v) is 9.16. The molecule has 2 amide bonds. The molecule has 1 heterocycles. The molecule has 7 heteroatoms. The summed E-state index contributed by atoms with van der Waals surface area (Å²) in [6.45, 7) is 2.16. The lowest BCUT2D eigenvalue weighted by Gasteiger charge is -2.52. The lowest BCUT2D eigenvalue weighted by Crippen LogP contribution is -2.57. The molecule has 0 spiro atoms. The van der Waals surface area contributed by atoms with E-state index in [1.807, 2.05) is 65.6 Å². The zero-order valence-corrected chi connectivity index (χ0v) is 19.9. The van der Waals surface area contributed by atoms with Crippen LogP contribution in [0.3, 0.4) is 0 Å². The average molecular weight is 484 g/mol. The molecule has 0 radical (unpaired) electrons. The highest BCUT2D eigenvalue weighted by atomic mass is 16.5. The largest absolute Gasteiger partial charge is 0.507 e. The van der Waals surface area contributed by atoms with Gasteiger partial charge in [0.15, 0.2) is 0 Å². The molecule has 2 N–H and O–H groups in total. The fourth-order valence-corrected chi connectivity index (χ4v) is 5.39. The molecule has 5 rings (SSSR count). The van der Waals surface area contributed by atoms with Gasteiger partial charge >= 0.3 is 0 Å². The van der Waals surface area contributed by atoms with E-state index in [9.17, 15) is 14.7 Å². The number of amides is 2. The molecule has 36 heavy (non-hydrogen) atoms. The Morgan fingerprint density at radius 2 is 1.39 bits per heavy atom. The number of hydrazone groups is 1. The lowest BCUT2D eigenvalue weighted by atomic mass is 9.51. The molecular formula is C29H29N3O4. The maximum Gasteiger partial charge on any atom is 0.244 e. The van der Waals surface area contributed by atoms with Gasteiger partial charge in [0.2, 0.25) is 11.8 Å². The van der Waals surface area contributed by atoms with Crippen molar-refractivity contribution < 1.29 is 19.4 Å². The molecule has 1 aliphatic carbocycles. The van der Waals surface area contributed by atoms with Gasteiger partial charge in [0.05, 0.1) is 31.3 Å². The number of phenolic OH excluding ortho intramolecular Hbond substituents is 1. The first-order valence-corrected chi connectivity index (χ1v) is 12.2. The molecule has 0 unspecified atom stereocenters. The number of morpholine rings is 1. The smallest absolute Gasteiger partial charge is 0.244 e. The normalized spacial score (nSPS) is 23.7. The highest BCUT2D eigenvalue weighted by Crippen LogP contribution is 2.58. The summed E-state index contributed by atoms with van der Waals surface area (Å²) in [6.07, 6.45) is 1.43. The maximum atomic E-state index is 13.8. The number of phenols is 1. The van der Waals surface area contributed by atoms with Gasteiger partial charge in [-0.1, -0.05) is 72.8 Å². The number of hydrogen-bond acceptors (Lipinski definition) is 5. The van der Waals surface area contributed by atoms with Crippen LogP contribution in [-0.4, -0.2) is 54.3 Å². The van der Waals surface area contributed by atoms with Crippen molar-refractivity contribution in [1.82, 2.24) is 10.3 Å². The Morgan fingerprint density at radius 1 is 0.833 bits per heavy atom. The summed E-state index contributed by atoms with van der Waals surface area (Å²) < 4.78 is 5.46. The predicted octanol–water partition coefficient (Wildman–Crippen LogP) is 3.51. The van der Waals surface area contributed by atoms with Crippen molar-refractivity contribution in [1.29, 1.82) is 0 Å². The van der Waals surface area contributed by atoms with Crippen LogP contribution in [0.4, 0.5) is 0 Å². The van der Waals surface area contributed by atoms with Gasteiger partial charge < -0.3 is 14.7 Å². The number of ether oxygens (including phenoxy) is 1. The first-order valence-electron chi connectivity index (χ1n) is 12.2. The number of carbonyl (C=O) groups is 2. The van der Waals surface area contributed by atoms with Crippen molar-refractivity contribution >= 4 is 18.0 Å². The third-order valence-corrected chi connectivity index (χ3v) is 7.14. The number of carbonyl (C=O) groups excluding carboxylic acids is 2. The van der Waals surface area contributed by atoms with Crippen molar-refractivity contribution in [2.75, 3.05) is 26.3 Å². The Bertz CT molecular complexity index is 1180. The minimum atomic E-state index is -0.480. The van der Waals surface area contributed by atoms with E-state index in [4.69, 9.17) is 4.74 Å². The summed E-state index contributed by atoms with van der Waals surface area (Å²) >= 11 is 0. The van der Waals surface area contributed by atoms with Gasteiger partial charge in [0.1, 0.15) is 5.75 Å². The molecule has 2 atom stereocenters.